The maximum absolute atomic E-state index is 14.0. The second-order valence-corrected chi connectivity index (χ2v) is 13.6. The van der Waals surface area contributed by atoms with E-state index in [9.17, 15) is 19.2 Å². The first-order valence-electron chi connectivity index (χ1n) is 16.6. The highest BCUT2D eigenvalue weighted by Gasteiger charge is 2.59. The van der Waals surface area contributed by atoms with Crippen molar-refractivity contribution in [3.8, 4) is 0 Å². The third kappa shape index (κ3) is 7.71. The first-order valence-corrected chi connectivity index (χ1v) is 16.6. The van der Waals surface area contributed by atoms with Gasteiger partial charge in [-0.3, -0.25) is 19.1 Å². The molecule has 1 aliphatic carbocycles. The summed E-state index contributed by atoms with van der Waals surface area (Å²) >= 11 is 0. The summed E-state index contributed by atoms with van der Waals surface area (Å²) < 4.78 is 7.88. The first kappa shape index (κ1) is 33.4. The summed E-state index contributed by atoms with van der Waals surface area (Å²) in [5.41, 5.74) is 0.875. The molecule has 5 rings (SSSR count). The SMILES string of the molecule is CNC(=O)[C@@H](NC(=O)[C@@H]1CN(C(=O)c2cnn(Cc3ccccc3)c2)CC12CN(C(=O)NC(C)C)C2)[C@@H](C)OCC1CCCCC1. The van der Waals surface area contributed by atoms with Crippen molar-refractivity contribution in [3.05, 3.63) is 53.9 Å². The van der Waals surface area contributed by atoms with Gasteiger partial charge in [0.1, 0.15) is 6.04 Å². The van der Waals surface area contributed by atoms with E-state index in [-0.39, 0.29) is 36.3 Å². The van der Waals surface area contributed by atoms with Crippen molar-refractivity contribution in [2.75, 3.05) is 39.8 Å². The Morgan fingerprint density at radius 2 is 1.67 bits per heavy atom. The van der Waals surface area contributed by atoms with Crippen LogP contribution >= 0.6 is 0 Å². The van der Waals surface area contributed by atoms with Gasteiger partial charge < -0.3 is 30.5 Å². The minimum Gasteiger partial charge on any atom is -0.376 e. The molecule has 2 saturated heterocycles. The zero-order valence-corrected chi connectivity index (χ0v) is 27.5. The van der Waals surface area contributed by atoms with Crippen molar-refractivity contribution in [1.29, 1.82) is 0 Å². The Kier molecular flexibility index (Phi) is 10.7. The van der Waals surface area contributed by atoms with Gasteiger partial charge in [-0.15, -0.1) is 0 Å². The fraction of sp³-hybridized carbons (Fsp3) is 0.618. The van der Waals surface area contributed by atoms with Gasteiger partial charge in [0.2, 0.25) is 11.8 Å². The van der Waals surface area contributed by atoms with Crippen LogP contribution in [0.1, 0.15) is 68.8 Å². The molecule has 0 radical (unpaired) electrons. The molecule has 3 heterocycles. The maximum Gasteiger partial charge on any atom is 0.317 e. The van der Waals surface area contributed by atoms with Crippen LogP contribution in [0.25, 0.3) is 0 Å². The molecule has 1 spiro atoms. The van der Waals surface area contributed by atoms with Crippen LogP contribution in [-0.2, 0) is 20.9 Å². The highest BCUT2D eigenvalue weighted by atomic mass is 16.5. The third-order valence-corrected chi connectivity index (χ3v) is 9.65. The number of likely N-dealkylation sites (N-methyl/N-ethyl adjacent to an activating group) is 1. The van der Waals surface area contributed by atoms with E-state index in [0.29, 0.717) is 44.3 Å². The Morgan fingerprint density at radius 3 is 2.35 bits per heavy atom. The van der Waals surface area contributed by atoms with Crippen LogP contribution < -0.4 is 16.0 Å². The van der Waals surface area contributed by atoms with Crippen LogP contribution in [0.4, 0.5) is 4.79 Å². The van der Waals surface area contributed by atoms with E-state index in [1.54, 1.807) is 33.9 Å². The standard InChI is InChI=1S/C34H49N7O5/c1-23(2)37-33(45)40-21-34(22-40)20-39(32(44)27-15-36-41(17-27)16-25-11-7-5-8-12-25)18-28(34)30(42)38-29(31(43)35-4)24(3)46-19-26-13-9-6-10-14-26/h5,7-8,11-12,15,17,23-24,26,28-29H,6,9-10,13-14,16,18-22H2,1-4H3,(H,35,43)(H,37,45)(H,38,42)/t24-,28+,29+/m1/s1. The number of carbonyl (C=O) groups excluding carboxylic acids is 4. The summed E-state index contributed by atoms with van der Waals surface area (Å²) in [5, 5.41) is 13.0. The summed E-state index contributed by atoms with van der Waals surface area (Å²) in [6, 6.07) is 8.76. The van der Waals surface area contributed by atoms with Crippen molar-refractivity contribution in [1.82, 2.24) is 35.5 Å². The molecule has 3 fully saturated rings. The number of nitrogens with zero attached hydrogens (tertiary/aromatic N) is 4. The molecule has 5 amide bonds. The lowest BCUT2D eigenvalue weighted by Crippen LogP contribution is -2.66. The zero-order chi connectivity index (χ0) is 32.8. The molecule has 2 aliphatic heterocycles. The molecule has 3 N–H and O–H groups in total. The van der Waals surface area contributed by atoms with Crippen molar-refractivity contribution in [3.63, 3.8) is 0 Å². The fourth-order valence-electron chi connectivity index (χ4n) is 7.06. The van der Waals surface area contributed by atoms with Gasteiger partial charge in [-0.2, -0.15) is 5.10 Å². The molecule has 0 unspecified atom stereocenters. The average Bonchev–Trinajstić information content (AvgIpc) is 3.67. The Morgan fingerprint density at radius 1 is 0.978 bits per heavy atom. The normalized spacial score (nSPS) is 20.7. The summed E-state index contributed by atoms with van der Waals surface area (Å²) in [5.74, 6) is -1.02. The molecule has 3 aliphatic rings. The van der Waals surface area contributed by atoms with Crippen LogP contribution in [0.5, 0.6) is 0 Å². The van der Waals surface area contributed by atoms with Gasteiger partial charge >= 0.3 is 6.03 Å². The van der Waals surface area contributed by atoms with Gasteiger partial charge in [-0.05, 0) is 45.1 Å². The second-order valence-electron chi connectivity index (χ2n) is 13.6. The molecule has 2 aromatic rings. The van der Waals surface area contributed by atoms with E-state index < -0.39 is 23.5 Å². The number of urea groups is 1. The summed E-state index contributed by atoms with van der Waals surface area (Å²) in [4.78, 5) is 56.9. The number of nitrogens with one attached hydrogen (secondary N) is 3. The van der Waals surface area contributed by atoms with E-state index in [4.69, 9.17) is 4.74 Å². The molecule has 12 nitrogen and oxygen atoms in total. The number of benzene rings is 1. The smallest absolute Gasteiger partial charge is 0.317 e. The number of likely N-dealkylation sites (tertiary alicyclic amines) is 2. The maximum atomic E-state index is 14.0. The van der Waals surface area contributed by atoms with Crippen molar-refractivity contribution >= 4 is 23.8 Å². The average molecular weight is 636 g/mol. The molecule has 1 aromatic carbocycles. The predicted molar refractivity (Wildman–Crippen MR) is 173 cm³/mol. The van der Waals surface area contributed by atoms with Crippen molar-refractivity contribution in [2.24, 2.45) is 17.3 Å². The lowest BCUT2D eigenvalue weighted by Gasteiger charge is -2.50. The van der Waals surface area contributed by atoms with Crippen LogP contribution in [0.3, 0.4) is 0 Å². The van der Waals surface area contributed by atoms with E-state index in [2.05, 4.69) is 21.0 Å². The van der Waals surface area contributed by atoms with E-state index in [1.807, 2.05) is 51.1 Å². The van der Waals surface area contributed by atoms with Gasteiger partial charge in [0.05, 0.1) is 30.3 Å². The van der Waals surface area contributed by atoms with E-state index >= 15 is 0 Å². The molecule has 0 bridgehead atoms. The number of carbonyl (C=O) groups is 4. The number of aromatic nitrogens is 2. The van der Waals surface area contributed by atoms with Crippen LogP contribution in [-0.4, -0.2) is 101 Å². The molecule has 3 atom stereocenters. The fourth-order valence-corrected chi connectivity index (χ4v) is 7.06. The highest BCUT2D eigenvalue weighted by molar-refractivity contribution is 5.95. The number of ether oxygens (including phenoxy) is 1. The largest absolute Gasteiger partial charge is 0.376 e. The monoisotopic (exact) mass is 635 g/mol. The second kappa shape index (κ2) is 14.7. The number of amides is 5. The molecule has 1 aromatic heterocycles. The molecular weight excluding hydrogens is 586 g/mol. The Labute approximate surface area is 271 Å². The molecule has 250 valence electrons. The minimum atomic E-state index is -0.889. The first-order chi connectivity index (χ1) is 22.1. The Balaban J connectivity index is 1.29. The topological polar surface area (TPSA) is 138 Å². The van der Waals surface area contributed by atoms with Gasteiger partial charge in [0, 0.05) is 57.5 Å². The lowest BCUT2D eigenvalue weighted by molar-refractivity contribution is -0.138. The highest BCUT2D eigenvalue weighted by Crippen LogP contribution is 2.44. The summed E-state index contributed by atoms with van der Waals surface area (Å²) in [7, 11) is 1.54. The third-order valence-electron chi connectivity index (χ3n) is 9.65. The number of hydrogen-bond acceptors (Lipinski definition) is 6. The Bertz CT molecular complexity index is 1370. The van der Waals surface area contributed by atoms with Gasteiger partial charge in [-0.1, -0.05) is 49.6 Å². The quantitative estimate of drug-likeness (QED) is 0.347. The zero-order valence-electron chi connectivity index (χ0n) is 27.5. The van der Waals surface area contributed by atoms with Gasteiger partial charge in [0.15, 0.2) is 0 Å². The Hall–Kier alpha value is -3.93. The van der Waals surface area contributed by atoms with Crippen LogP contribution in [0.15, 0.2) is 42.7 Å². The molecule has 1 saturated carbocycles. The summed E-state index contributed by atoms with van der Waals surface area (Å²) in [6.45, 7) is 7.85. The molecular formula is C34H49N7O5. The van der Waals surface area contributed by atoms with Crippen LogP contribution in [0, 0.1) is 17.3 Å². The molecule has 12 heteroatoms. The van der Waals surface area contributed by atoms with Crippen molar-refractivity contribution < 1.29 is 23.9 Å². The number of hydrogen-bond donors (Lipinski definition) is 3. The minimum absolute atomic E-state index is 0.0272. The van der Waals surface area contributed by atoms with E-state index in [1.165, 1.54) is 19.3 Å². The lowest BCUT2D eigenvalue weighted by atomic mass is 9.71. The van der Waals surface area contributed by atoms with Crippen molar-refractivity contribution in [2.45, 2.75) is 77.6 Å². The van der Waals surface area contributed by atoms with Gasteiger partial charge in [0.25, 0.3) is 5.91 Å². The van der Waals surface area contributed by atoms with Crippen LogP contribution in [0.2, 0.25) is 0 Å². The molecule has 46 heavy (non-hydrogen) atoms. The van der Waals surface area contributed by atoms with E-state index in [0.717, 1.165) is 18.4 Å². The number of rotatable bonds is 11. The van der Waals surface area contributed by atoms with Gasteiger partial charge in [-0.25, -0.2) is 4.79 Å². The summed E-state index contributed by atoms with van der Waals surface area (Å²) in [6.07, 6.45) is 8.61. The predicted octanol–water partition coefficient (Wildman–Crippen LogP) is 2.64.